The summed E-state index contributed by atoms with van der Waals surface area (Å²) in [7, 11) is 0. The van der Waals surface area contributed by atoms with Gasteiger partial charge in [-0.1, -0.05) is 27.7 Å². The van der Waals surface area contributed by atoms with Crippen LogP contribution in [-0.4, -0.2) is 24.9 Å². The highest BCUT2D eigenvalue weighted by Crippen LogP contribution is 1.80. The zero-order valence-corrected chi connectivity index (χ0v) is 10.4. The smallest absolute Gasteiger partial charge is 0.221 e. The van der Waals surface area contributed by atoms with Crippen molar-refractivity contribution in [1.29, 1.82) is 0 Å². The third kappa shape index (κ3) is 12.9. The number of carbonyl (C=O) groups is 2. The summed E-state index contributed by atoms with van der Waals surface area (Å²) in [6.07, 6.45) is 1.77. The van der Waals surface area contributed by atoms with Crippen molar-refractivity contribution in [3.05, 3.63) is 0 Å². The summed E-state index contributed by atoms with van der Waals surface area (Å²) in [6.45, 7) is 8.93. The van der Waals surface area contributed by atoms with Gasteiger partial charge in [0.05, 0.1) is 0 Å². The first-order chi connectivity index (χ1) is 7.20. The lowest BCUT2D eigenvalue weighted by Gasteiger charge is -2.04. The number of rotatable bonds is 6. The molecule has 0 rings (SSSR count). The van der Waals surface area contributed by atoms with Gasteiger partial charge in [0.25, 0.3) is 0 Å². The van der Waals surface area contributed by atoms with Gasteiger partial charge in [-0.2, -0.15) is 0 Å². The summed E-state index contributed by atoms with van der Waals surface area (Å²) in [4.78, 5) is 21.8. The molecule has 0 aliphatic rings. The van der Waals surface area contributed by atoms with Crippen LogP contribution in [0, 0.1) is 0 Å². The average Bonchev–Trinajstić information content (AvgIpc) is 2.28. The zero-order valence-electron chi connectivity index (χ0n) is 10.4. The molecule has 0 aromatic rings. The molecule has 4 nitrogen and oxygen atoms in total. The van der Waals surface area contributed by atoms with Crippen molar-refractivity contribution in [3.8, 4) is 0 Å². The minimum Gasteiger partial charge on any atom is -0.356 e. The van der Waals surface area contributed by atoms with Crippen LogP contribution in [0.15, 0.2) is 0 Å². The van der Waals surface area contributed by atoms with Gasteiger partial charge in [-0.15, -0.1) is 0 Å². The minimum absolute atomic E-state index is 0. The Hall–Kier alpha value is -1.06. The lowest BCUT2D eigenvalue weighted by molar-refractivity contribution is -0.122. The fourth-order valence-electron chi connectivity index (χ4n) is 0.793. The molecule has 2 N–H and O–H groups in total. The largest absolute Gasteiger partial charge is 0.356 e. The Morgan fingerprint density at radius 3 is 2.00 bits per heavy atom. The van der Waals surface area contributed by atoms with Crippen molar-refractivity contribution in [3.63, 3.8) is 0 Å². The zero-order chi connectivity index (χ0) is 12.1. The van der Waals surface area contributed by atoms with Gasteiger partial charge in [0.15, 0.2) is 0 Å². The van der Waals surface area contributed by atoms with Crippen LogP contribution < -0.4 is 10.6 Å². The topological polar surface area (TPSA) is 58.2 Å². The van der Waals surface area contributed by atoms with E-state index in [-0.39, 0.29) is 14.7 Å². The fraction of sp³-hybridized carbons (Fsp3) is 0.818. The second kappa shape index (κ2) is 12.9. The molecule has 0 atom stereocenters. The van der Waals surface area contributed by atoms with E-state index in [0.717, 1.165) is 6.42 Å². The SMILES string of the molecule is CC.CCCNC(=O)CCNC(=O)CC.[HH].[HH]. The number of nitrogens with one attached hydrogen (secondary N) is 2. The monoisotopic (exact) mass is 220 g/mol. The molecule has 0 spiro atoms. The predicted molar refractivity (Wildman–Crippen MR) is 66.8 cm³/mol. The third-order valence-electron chi connectivity index (χ3n) is 1.57. The molecule has 0 saturated carbocycles. The summed E-state index contributed by atoms with van der Waals surface area (Å²) in [5.41, 5.74) is 0. The quantitative estimate of drug-likeness (QED) is 0.718. The van der Waals surface area contributed by atoms with E-state index >= 15 is 0 Å². The lowest BCUT2D eigenvalue weighted by Crippen LogP contribution is -2.30. The van der Waals surface area contributed by atoms with Gasteiger partial charge in [0.1, 0.15) is 0 Å². The molecule has 0 aromatic carbocycles. The summed E-state index contributed by atoms with van der Waals surface area (Å²) in [6, 6.07) is 0. The minimum atomic E-state index is -0.0108. The van der Waals surface area contributed by atoms with Gasteiger partial charge < -0.3 is 10.6 Å². The van der Waals surface area contributed by atoms with E-state index in [1.54, 1.807) is 6.92 Å². The van der Waals surface area contributed by atoms with E-state index in [0.29, 0.717) is 25.9 Å². The molecular weight excluding hydrogens is 192 g/mol. The van der Waals surface area contributed by atoms with E-state index < -0.39 is 0 Å². The first-order valence-electron chi connectivity index (χ1n) is 5.74. The van der Waals surface area contributed by atoms with Crippen LogP contribution in [0.4, 0.5) is 0 Å². The van der Waals surface area contributed by atoms with E-state index in [1.807, 2.05) is 20.8 Å². The Balaban J connectivity index is -0.000000199. The van der Waals surface area contributed by atoms with Crippen LogP contribution in [0.1, 0.15) is 49.8 Å². The van der Waals surface area contributed by atoms with E-state index in [2.05, 4.69) is 10.6 Å². The Kier molecular flexibility index (Phi) is 14.1. The van der Waals surface area contributed by atoms with Crippen molar-refractivity contribution in [2.45, 2.75) is 47.0 Å². The number of hydrogen-bond acceptors (Lipinski definition) is 2. The normalized spacial score (nSPS) is 8.53. The van der Waals surface area contributed by atoms with Crippen LogP contribution in [0.25, 0.3) is 0 Å². The van der Waals surface area contributed by atoms with Crippen molar-refractivity contribution >= 4 is 11.8 Å². The van der Waals surface area contributed by atoms with Gasteiger partial charge in [-0.3, -0.25) is 9.59 Å². The van der Waals surface area contributed by atoms with Crippen LogP contribution in [0.3, 0.4) is 0 Å². The van der Waals surface area contributed by atoms with Gasteiger partial charge in [-0.25, -0.2) is 0 Å². The average molecular weight is 220 g/mol. The molecule has 0 bridgehead atoms. The molecular formula is C11H28N2O2. The van der Waals surface area contributed by atoms with Crippen molar-refractivity contribution in [2.24, 2.45) is 0 Å². The molecule has 4 heteroatoms. The molecule has 0 fully saturated rings. The number of amides is 2. The summed E-state index contributed by atoms with van der Waals surface area (Å²) >= 11 is 0. The van der Waals surface area contributed by atoms with E-state index in [9.17, 15) is 9.59 Å². The standard InChI is InChI=1S/C9H18N2O2.C2H6.2H2/c1-3-6-10-9(13)5-7-11-8(12)4-2;1-2;;/h3-7H2,1-2H3,(H,10,13)(H,11,12);1-2H3;2*1H. The fourth-order valence-corrected chi connectivity index (χ4v) is 0.793. The van der Waals surface area contributed by atoms with Gasteiger partial charge in [0, 0.05) is 28.8 Å². The van der Waals surface area contributed by atoms with Crippen molar-refractivity contribution < 1.29 is 12.4 Å². The maximum absolute atomic E-state index is 11.0. The van der Waals surface area contributed by atoms with Gasteiger partial charge in [0.2, 0.25) is 11.8 Å². The van der Waals surface area contributed by atoms with Crippen LogP contribution in [0.2, 0.25) is 0 Å². The summed E-state index contributed by atoms with van der Waals surface area (Å²) < 4.78 is 0. The Bertz CT molecular complexity index is 179. The second-order valence-corrected chi connectivity index (χ2v) is 2.80. The molecule has 0 aliphatic heterocycles. The van der Waals surface area contributed by atoms with Crippen LogP contribution >= 0.6 is 0 Å². The van der Waals surface area contributed by atoms with Crippen LogP contribution in [0.5, 0.6) is 0 Å². The van der Waals surface area contributed by atoms with Crippen LogP contribution in [-0.2, 0) is 9.59 Å². The highest BCUT2D eigenvalue weighted by atomic mass is 16.2. The number of hydrogen-bond donors (Lipinski definition) is 2. The highest BCUT2D eigenvalue weighted by Gasteiger charge is 2.00. The molecule has 15 heavy (non-hydrogen) atoms. The third-order valence-corrected chi connectivity index (χ3v) is 1.57. The first-order valence-corrected chi connectivity index (χ1v) is 5.74. The highest BCUT2D eigenvalue weighted by molar-refractivity contribution is 5.78. The predicted octanol–water partition coefficient (Wildman–Crippen LogP) is 1.95. The molecule has 0 heterocycles. The summed E-state index contributed by atoms with van der Waals surface area (Å²) in [5, 5.41) is 5.37. The Labute approximate surface area is 95.8 Å². The second-order valence-electron chi connectivity index (χ2n) is 2.80. The molecule has 94 valence electrons. The molecule has 0 unspecified atom stereocenters. The Morgan fingerprint density at radius 2 is 1.53 bits per heavy atom. The van der Waals surface area contributed by atoms with Gasteiger partial charge >= 0.3 is 0 Å². The molecule has 2 amide bonds. The molecule has 0 saturated heterocycles. The maximum Gasteiger partial charge on any atom is 0.221 e. The van der Waals surface area contributed by atoms with E-state index in [4.69, 9.17) is 0 Å². The summed E-state index contributed by atoms with van der Waals surface area (Å²) in [5.74, 6) is -0.0125. The van der Waals surface area contributed by atoms with E-state index in [1.165, 1.54) is 0 Å². The van der Waals surface area contributed by atoms with Crippen molar-refractivity contribution in [1.82, 2.24) is 10.6 Å². The lowest BCUT2D eigenvalue weighted by atomic mass is 10.3. The van der Waals surface area contributed by atoms with Crippen molar-refractivity contribution in [2.75, 3.05) is 13.1 Å². The van der Waals surface area contributed by atoms with Gasteiger partial charge in [-0.05, 0) is 6.42 Å². The number of carbonyl (C=O) groups excluding carboxylic acids is 2. The molecule has 0 aromatic heterocycles. The molecule has 0 radical (unpaired) electrons. The maximum atomic E-state index is 11.0. The molecule has 0 aliphatic carbocycles. The first kappa shape index (κ1) is 16.4. The Morgan fingerprint density at radius 1 is 1.00 bits per heavy atom.